The van der Waals surface area contributed by atoms with Crippen LogP contribution in [0, 0.1) is 0 Å². The summed E-state index contributed by atoms with van der Waals surface area (Å²) in [6.45, 7) is 0.740. The fourth-order valence-corrected chi connectivity index (χ4v) is 2.74. The van der Waals surface area contributed by atoms with E-state index < -0.39 is 18.5 Å². The Balaban J connectivity index is 1.31. The monoisotopic (exact) mass is 394 g/mol. The van der Waals surface area contributed by atoms with Crippen LogP contribution in [-0.4, -0.2) is 46.5 Å². The van der Waals surface area contributed by atoms with E-state index >= 15 is 0 Å². The van der Waals surface area contributed by atoms with Gasteiger partial charge in [-0.2, -0.15) is 5.10 Å². The molecule has 2 aromatic carbocycles. The van der Waals surface area contributed by atoms with Gasteiger partial charge in [0.1, 0.15) is 12.7 Å². The van der Waals surface area contributed by atoms with Crippen molar-refractivity contribution >= 4 is 17.6 Å². The van der Waals surface area contributed by atoms with Crippen molar-refractivity contribution in [2.45, 2.75) is 6.42 Å². The number of fused-ring (bicyclic) bond motifs is 1. The van der Waals surface area contributed by atoms with E-state index in [1.165, 1.54) is 6.33 Å². The molecule has 9 nitrogen and oxygen atoms in total. The maximum absolute atomic E-state index is 12.2. The van der Waals surface area contributed by atoms with Gasteiger partial charge in [0.2, 0.25) is 0 Å². The summed E-state index contributed by atoms with van der Waals surface area (Å²) >= 11 is 0. The van der Waals surface area contributed by atoms with Crippen molar-refractivity contribution in [1.29, 1.82) is 0 Å². The van der Waals surface area contributed by atoms with Crippen molar-refractivity contribution in [3.8, 4) is 17.2 Å². The lowest BCUT2D eigenvalue weighted by Gasteiger charge is -2.11. The topological polar surface area (TPSA) is 105 Å². The molecule has 4 rings (SSSR count). The van der Waals surface area contributed by atoms with Gasteiger partial charge in [0.05, 0.1) is 24.5 Å². The third-order valence-electron chi connectivity index (χ3n) is 4.15. The third kappa shape index (κ3) is 4.52. The van der Waals surface area contributed by atoms with Gasteiger partial charge in [-0.1, -0.05) is 0 Å². The van der Waals surface area contributed by atoms with Crippen LogP contribution in [-0.2, 0) is 9.53 Å². The highest BCUT2D eigenvalue weighted by Gasteiger charge is 2.14. The zero-order valence-corrected chi connectivity index (χ0v) is 15.4. The summed E-state index contributed by atoms with van der Waals surface area (Å²) in [6.07, 6.45) is 3.77. The normalized spacial score (nSPS) is 12.7. The van der Waals surface area contributed by atoms with Crippen LogP contribution in [0.1, 0.15) is 16.8 Å². The van der Waals surface area contributed by atoms with E-state index in [0.29, 0.717) is 36.0 Å². The van der Waals surface area contributed by atoms with Crippen LogP contribution in [0.2, 0.25) is 0 Å². The molecule has 0 unspecified atom stereocenters. The Kier molecular flexibility index (Phi) is 5.37. The van der Waals surface area contributed by atoms with Gasteiger partial charge < -0.3 is 19.5 Å². The molecule has 1 aromatic heterocycles. The number of ether oxygens (including phenoxy) is 3. The Morgan fingerprint density at radius 1 is 1.07 bits per heavy atom. The number of nitrogens with one attached hydrogen (secondary N) is 1. The molecule has 0 aliphatic carbocycles. The number of amides is 1. The quantitative estimate of drug-likeness (QED) is 0.662. The van der Waals surface area contributed by atoms with E-state index in [-0.39, 0.29) is 0 Å². The number of aromatic nitrogens is 3. The summed E-state index contributed by atoms with van der Waals surface area (Å²) in [5.41, 5.74) is 1.62. The molecule has 29 heavy (non-hydrogen) atoms. The molecule has 0 atom stereocenters. The molecule has 1 aliphatic rings. The summed E-state index contributed by atoms with van der Waals surface area (Å²) in [5.74, 6) is 0.169. The average Bonchev–Trinajstić information content (AvgIpc) is 3.18. The molecule has 0 spiro atoms. The summed E-state index contributed by atoms with van der Waals surface area (Å²) in [4.78, 5) is 28.1. The molecular formula is C20H18N4O5. The first kappa shape index (κ1) is 18.5. The van der Waals surface area contributed by atoms with Gasteiger partial charge in [0, 0.05) is 18.2 Å². The highest BCUT2D eigenvalue weighted by atomic mass is 16.5. The lowest BCUT2D eigenvalue weighted by molar-refractivity contribution is -0.119. The first-order valence-electron chi connectivity index (χ1n) is 9.01. The van der Waals surface area contributed by atoms with Crippen molar-refractivity contribution in [3.63, 3.8) is 0 Å². The van der Waals surface area contributed by atoms with Crippen molar-refractivity contribution in [1.82, 2.24) is 14.8 Å². The summed E-state index contributed by atoms with van der Waals surface area (Å²) < 4.78 is 17.8. The van der Waals surface area contributed by atoms with Crippen LogP contribution in [0.5, 0.6) is 11.5 Å². The fourth-order valence-electron chi connectivity index (χ4n) is 2.74. The van der Waals surface area contributed by atoms with Crippen LogP contribution in [0.4, 0.5) is 5.69 Å². The van der Waals surface area contributed by atoms with Gasteiger partial charge in [0.15, 0.2) is 18.1 Å². The molecule has 0 fully saturated rings. The third-order valence-corrected chi connectivity index (χ3v) is 4.15. The van der Waals surface area contributed by atoms with Crippen LogP contribution < -0.4 is 14.8 Å². The van der Waals surface area contributed by atoms with Gasteiger partial charge in [-0.3, -0.25) is 4.79 Å². The predicted octanol–water partition coefficient (Wildman–Crippen LogP) is 2.22. The molecular weight excluding hydrogens is 376 g/mol. The van der Waals surface area contributed by atoms with E-state index in [4.69, 9.17) is 14.2 Å². The molecule has 9 heteroatoms. The highest BCUT2D eigenvalue weighted by Crippen LogP contribution is 2.32. The first-order chi connectivity index (χ1) is 14.2. The SMILES string of the molecule is O=C(COC(=O)c1ccc(-n2cncn2)cc1)Nc1ccc2c(c1)OCCCO2. The number of rotatable bonds is 5. The molecule has 0 radical (unpaired) electrons. The van der Waals surface area contributed by atoms with Crippen LogP contribution in [0.25, 0.3) is 5.69 Å². The molecule has 1 aliphatic heterocycles. The standard InChI is InChI=1S/C20H18N4O5/c25-19(23-15-4-7-17-18(10-15)28-9-1-8-27-17)11-29-20(26)14-2-5-16(6-3-14)24-13-21-12-22-24/h2-7,10,12-13H,1,8-9,11H2,(H,23,25). The second-order valence-corrected chi connectivity index (χ2v) is 6.22. The van der Waals surface area contributed by atoms with Gasteiger partial charge >= 0.3 is 5.97 Å². The van der Waals surface area contributed by atoms with Crippen molar-refractivity contribution in [2.75, 3.05) is 25.1 Å². The van der Waals surface area contributed by atoms with Crippen molar-refractivity contribution in [2.24, 2.45) is 0 Å². The number of nitrogens with zero attached hydrogens (tertiary/aromatic N) is 3. The Hall–Kier alpha value is -3.88. The lowest BCUT2D eigenvalue weighted by atomic mass is 10.2. The maximum atomic E-state index is 12.2. The number of anilines is 1. The van der Waals surface area contributed by atoms with E-state index in [0.717, 1.165) is 12.1 Å². The molecule has 0 saturated heterocycles. The van der Waals surface area contributed by atoms with Crippen LogP contribution in [0.15, 0.2) is 55.1 Å². The number of benzene rings is 2. The van der Waals surface area contributed by atoms with E-state index in [1.807, 2.05) is 0 Å². The Morgan fingerprint density at radius 2 is 1.86 bits per heavy atom. The zero-order chi connectivity index (χ0) is 20.1. The fraction of sp³-hybridized carbons (Fsp3) is 0.200. The Morgan fingerprint density at radius 3 is 2.62 bits per heavy atom. The van der Waals surface area contributed by atoms with E-state index in [1.54, 1.807) is 53.5 Å². The minimum atomic E-state index is -0.594. The molecule has 1 amide bonds. The smallest absolute Gasteiger partial charge is 0.338 e. The molecule has 1 N–H and O–H groups in total. The first-order valence-corrected chi connectivity index (χ1v) is 9.01. The molecule has 0 bridgehead atoms. The van der Waals surface area contributed by atoms with Crippen molar-refractivity contribution < 1.29 is 23.8 Å². The maximum Gasteiger partial charge on any atom is 0.338 e. The minimum Gasteiger partial charge on any atom is -0.490 e. The van der Waals surface area contributed by atoms with Gasteiger partial charge in [-0.25, -0.2) is 14.5 Å². The molecule has 2 heterocycles. The zero-order valence-electron chi connectivity index (χ0n) is 15.4. The molecule has 0 saturated carbocycles. The van der Waals surface area contributed by atoms with Gasteiger partial charge in [0.25, 0.3) is 5.91 Å². The van der Waals surface area contributed by atoms with E-state index in [2.05, 4.69) is 15.4 Å². The summed E-state index contributed by atoms with van der Waals surface area (Å²) in [5, 5.41) is 6.69. The van der Waals surface area contributed by atoms with Gasteiger partial charge in [-0.15, -0.1) is 0 Å². The van der Waals surface area contributed by atoms with E-state index in [9.17, 15) is 9.59 Å². The summed E-state index contributed by atoms with van der Waals surface area (Å²) in [6, 6.07) is 11.7. The number of carbonyl (C=O) groups excluding carboxylic acids is 2. The predicted molar refractivity (Wildman–Crippen MR) is 102 cm³/mol. The second-order valence-electron chi connectivity index (χ2n) is 6.22. The highest BCUT2D eigenvalue weighted by molar-refractivity contribution is 5.95. The number of carbonyl (C=O) groups is 2. The van der Waals surface area contributed by atoms with Crippen LogP contribution in [0.3, 0.4) is 0 Å². The second kappa shape index (κ2) is 8.42. The lowest BCUT2D eigenvalue weighted by Crippen LogP contribution is -2.21. The number of esters is 1. The summed E-state index contributed by atoms with van der Waals surface area (Å²) in [7, 11) is 0. The number of hydrogen-bond donors (Lipinski definition) is 1. The largest absolute Gasteiger partial charge is 0.490 e. The Bertz CT molecular complexity index is 1000. The minimum absolute atomic E-state index is 0.331. The number of hydrogen-bond acceptors (Lipinski definition) is 7. The van der Waals surface area contributed by atoms with Crippen LogP contribution >= 0.6 is 0 Å². The molecule has 148 valence electrons. The van der Waals surface area contributed by atoms with Gasteiger partial charge in [-0.05, 0) is 36.4 Å². The average molecular weight is 394 g/mol. The van der Waals surface area contributed by atoms with Crippen molar-refractivity contribution in [3.05, 3.63) is 60.7 Å². The molecule has 3 aromatic rings. The Labute approximate surface area is 166 Å².